The maximum Gasteiger partial charge on any atom is 0.313 e. The second-order valence-corrected chi connectivity index (χ2v) is 2.69. The van der Waals surface area contributed by atoms with E-state index in [0.29, 0.717) is 0 Å². The number of hydrogen-bond donors (Lipinski definition) is 2. The van der Waals surface area contributed by atoms with Gasteiger partial charge in [0.15, 0.2) is 11.6 Å². The Kier molecular flexibility index (Phi) is 1.74. The van der Waals surface area contributed by atoms with E-state index in [9.17, 15) is 4.79 Å². The van der Waals surface area contributed by atoms with Gasteiger partial charge in [0.1, 0.15) is 5.82 Å². The molecular weight excluding hydrogens is 184 g/mol. The number of nitrogen functional groups attached to an aromatic ring is 2. The first-order chi connectivity index (χ1) is 6.66. The van der Waals surface area contributed by atoms with Crippen LogP contribution in [-0.2, 0) is 0 Å². The number of hydrogen-bond acceptors (Lipinski definition) is 5. The maximum atomic E-state index is 11.6. The van der Waals surface area contributed by atoms with Gasteiger partial charge in [-0.2, -0.15) is 4.68 Å². The van der Waals surface area contributed by atoms with Crippen molar-refractivity contribution in [1.29, 1.82) is 0 Å². The Morgan fingerprint density at radius 3 is 2.64 bits per heavy atom. The first-order valence-electron chi connectivity index (χ1n) is 3.88. The van der Waals surface area contributed by atoms with E-state index in [1.807, 2.05) is 0 Å². The van der Waals surface area contributed by atoms with E-state index in [4.69, 9.17) is 15.9 Å². The van der Waals surface area contributed by atoms with Crippen LogP contribution in [0.15, 0.2) is 28.8 Å². The zero-order chi connectivity index (χ0) is 10.1. The van der Waals surface area contributed by atoms with Crippen molar-refractivity contribution >= 4 is 17.6 Å². The molecule has 0 aliphatic rings. The molecule has 2 heterocycles. The highest BCUT2D eigenvalue weighted by Crippen LogP contribution is 2.10. The van der Waals surface area contributed by atoms with Crippen LogP contribution < -0.4 is 11.5 Å². The normalized spacial score (nSPS) is 10.3. The fourth-order valence-corrected chi connectivity index (χ4v) is 1.03. The Morgan fingerprint density at radius 1 is 1.36 bits per heavy atom. The third-order valence-electron chi connectivity index (χ3n) is 1.66. The Bertz CT molecular complexity index is 429. The van der Waals surface area contributed by atoms with Crippen LogP contribution in [0.4, 0.5) is 11.7 Å². The number of carbonyl (C=O) groups excluding carboxylic acids is 1. The second-order valence-electron chi connectivity index (χ2n) is 2.69. The van der Waals surface area contributed by atoms with E-state index < -0.39 is 5.91 Å². The predicted octanol–water partition coefficient (Wildman–Crippen LogP) is 0.329. The van der Waals surface area contributed by atoms with Crippen LogP contribution in [0.3, 0.4) is 0 Å². The molecule has 0 bridgehead atoms. The number of nitrogens with two attached hydrogens (primary N) is 2. The van der Waals surface area contributed by atoms with E-state index >= 15 is 0 Å². The van der Waals surface area contributed by atoms with E-state index in [0.717, 1.165) is 4.68 Å². The average molecular weight is 192 g/mol. The third kappa shape index (κ3) is 1.33. The van der Waals surface area contributed by atoms with Gasteiger partial charge in [0.25, 0.3) is 0 Å². The lowest BCUT2D eigenvalue weighted by Gasteiger charge is -1.94. The van der Waals surface area contributed by atoms with Crippen molar-refractivity contribution < 1.29 is 9.21 Å². The zero-order valence-corrected chi connectivity index (χ0v) is 7.18. The summed E-state index contributed by atoms with van der Waals surface area (Å²) in [5, 5.41) is 3.74. The lowest BCUT2D eigenvalue weighted by atomic mass is 10.4. The summed E-state index contributed by atoms with van der Waals surface area (Å²) in [6.07, 6.45) is 1.45. The van der Waals surface area contributed by atoms with Crippen LogP contribution in [0, 0.1) is 0 Å². The third-order valence-corrected chi connectivity index (χ3v) is 1.66. The molecule has 0 spiro atoms. The molecule has 0 unspecified atom stereocenters. The summed E-state index contributed by atoms with van der Waals surface area (Å²) < 4.78 is 6.03. The van der Waals surface area contributed by atoms with Gasteiger partial charge in [-0.25, -0.2) is 0 Å². The van der Waals surface area contributed by atoms with Crippen molar-refractivity contribution in [3.8, 4) is 0 Å². The Balaban J connectivity index is 2.33. The molecule has 0 atom stereocenters. The quantitative estimate of drug-likeness (QED) is 0.678. The molecule has 0 saturated heterocycles. The first-order valence-corrected chi connectivity index (χ1v) is 3.88. The summed E-state index contributed by atoms with van der Waals surface area (Å²) in [6.45, 7) is 0. The lowest BCUT2D eigenvalue weighted by molar-refractivity contribution is 0.0918. The minimum absolute atomic E-state index is 0.130. The predicted molar refractivity (Wildman–Crippen MR) is 49.5 cm³/mol. The summed E-state index contributed by atoms with van der Waals surface area (Å²) in [7, 11) is 0. The summed E-state index contributed by atoms with van der Waals surface area (Å²) in [6, 6.07) is 4.50. The van der Waals surface area contributed by atoms with Crippen molar-refractivity contribution in [3.05, 3.63) is 30.2 Å². The number of furan rings is 1. The van der Waals surface area contributed by atoms with Gasteiger partial charge in [0.2, 0.25) is 0 Å². The topological polar surface area (TPSA) is 100 Å². The van der Waals surface area contributed by atoms with Crippen LogP contribution in [0.5, 0.6) is 0 Å². The van der Waals surface area contributed by atoms with E-state index in [2.05, 4.69) is 5.10 Å². The number of nitrogens with zero attached hydrogens (tertiary/aromatic N) is 2. The van der Waals surface area contributed by atoms with Gasteiger partial charge >= 0.3 is 5.91 Å². The Morgan fingerprint density at radius 2 is 2.14 bits per heavy atom. The summed E-state index contributed by atoms with van der Waals surface area (Å²) in [4.78, 5) is 11.6. The number of anilines is 2. The highest BCUT2D eigenvalue weighted by Gasteiger charge is 2.13. The van der Waals surface area contributed by atoms with Gasteiger partial charge in [-0.1, -0.05) is 0 Å². The standard InChI is InChI=1S/C8H8N4O2/c9-6-3-4-12(11-6)8(13)5-1-2-7(10)14-5/h1-4H,10H2,(H2,9,11). The molecule has 0 saturated carbocycles. The van der Waals surface area contributed by atoms with Crippen molar-refractivity contribution in [2.45, 2.75) is 0 Å². The van der Waals surface area contributed by atoms with E-state index in [1.54, 1.807) is 0 Å². The highest BCUT2D eigenvalue weighted by atomic mass is 16.4. The molecule has 4 N–H and O–H groups in total. The molecule has 2 aromatic rings. The SMILES string of the molecule is Nc1ccn(C(=O)c2ccc(N)o2)n1. The molecule has 0 aliphatic carbocycles. The summed E-state index contributed by atoms with van der Waals surface area (Å²) >= 11 is 0. The summed E-state index contributed by atoms with van der Waals surface area (Å²) in [5.74, 6) is 0.190. The lowest BCUT2D eigenvalue weighted by Crippen LogP contribution is -2.11. The van der Waals surface area contributed by atoms with Gasteiger partial charge in [-0.3, -0.25) is 4.79 Å². The van der Waals surface area contributed by atoms with Gasteiger partial charge in [0, 0.05) is 18.3 Å². The second kappa shape index (κ2) is 2.91. The summed E-state index contributed by atoms with van der Waals surface area (Å²) in [5.41, 5.74) is 10.7. The fraction of sp³-hybridized carbons (Fsp3) is 0. The van der Waals surface area contributed by atoms with E-state index in [1.165, 1.54) is 24.4 Å². The van der Waals surface area contributed by atoms with Crippen LogP contribution in [-0.4, -0.2) is 15.7 Å². The zero-order valence-electron chi connectivity index (χ0n) is 7.18. The minimum atomic E-state index is -0.404. The molecular formula is C8H8N4O2. The molecule has 0 fully saturated rings. The molecule has 0 radical (unpaired) electrons. The smallest absolute Gasteiger partial charge is 0.313 e. The van der Waals surface area contributed by atoms with Crippen molar-refractivity contribution in [2.75, 3.05) is 11.5 Å². The van der Waals surface area contributed by atoms with Crippen molar-refractivity contribution in [3.63, 3.8) is 0 Å². The van der Waals surface area contributed by atoms with Gasteiger partial charge in [0.05, 0.1) is 0 Å². The Hall–Kier alpha value is -2.24. The minimum Gasteiger partial charge on any atom is -0.436 e. The van der Waals surface area contributed by atoms with Gasteiger partial charge in [-0.15, -0.1) is 5.10 Å². The molecule has 72 valence electrons. The molecule has 14 heavy (non-hydrogen) atoms. The van der Waals surface area contributed by atoms with Crippen LogP contribution >= 0.6 is 0 Å². The van der Waals surface area contributed by atoms with Crippen LogP contribution in [0.2, 0.25) is 0 Å². The average Bonchev–Trinajstić information content (AvgIpc) is 2.73. The van der Waals surface area contributed by atoms with Gasteiger partial charge in [-0.05, 0) is 6.07 Å². The largest absolute Gasteiger partial charge is 0.436 e. The number of carbonyl (C=O) groups is 1. The van der Waals surface area contributed by atoms with Crippen LogP contribution in [0.25, 0.3) is 0 Å². The first kappa shape index (κ1) is 8.36. The molecule has 6 heteroatoms. The molecule has 0 aliphatic heterocycles. The molecule has 2 rings (SSSR count). The highest BCUT2D eigenvalue weighted by molar-refractivity contribution is 5.93. The fourth-order valence-electron chi connectivity index (χ4n) is 1.03. The van der Waals surface area contributed by atoms with Crippen molar-refractivity contribution in [2.24, 2.45) is 0 Å². The molecule has 6 nitrogen and oxygen atoms in total. The number of aromatic nitrogens is 2. The van der Waals surface area contributed by atoms with Crippen LogP contribution in [0.1, 0.15) is 10.6 Å². The number of rotatable bonds is 1. The molecule has 2 aromatic heterocycles. The molecule has 0 amide bonds. The van der Waals surface area contributed by atoms with Crippen molar-refractivity contribution in [1.82, 2.24) is 9.78 Å². The van der Waals surface area contributed by atoms with E-state index in [-0.39, 0.29) is 17.5 Å². The monoisotopic (exact) mass is 192 g/mol. The van der Waals surface area contributed by atoms with Gasteiger partial charge < -0.3 is 15.9 Å². The maximum absolute atomic E-state index is 11.6. The Labute approximate surface area is 79.1 Å². The molecule has 0 aromatic carbocycles.